The van der Waals surface area contributed by atoms with Crippen LogP contribution in [0.2, 0.25) is 0 Å². The van der Waals surface area contributed by atoms with Gasteiger partial charge in [0.25, 0.3) is 0 Å². The van der Waals surface area contributed by atoms with Gasteiger partial charge in [0.2, 0.25) is 5.89 Å². The lowest BCUT2D eigenvalue weighted by Crippen LogP contribution is -2.35. The van der Waals surface area contributed by atoms with Gasteiger partial charge in [-0.3, -0.25) is 0 Å². The van der Waals surface area contributed by atoms with E-state index in [2.05, 4.69) is 17.1 Å². The summed E-state index contributed by atoms with van der Waals surface area (Å²) in [5.41, 5.74) is -0.621. The first-order valence-electron chi connectivity index (χ1n) is 6.15. The lowest BCUT2D eigenvalue weighted by molar-refractivity contribution is -0.0125. The molecule has 4 heteroatoms. The number of hydrogen-bond donors (Lipinski definition) is 1. The maximum Gasteiger partial charge on any atom is 0.229 e. The first kappa shape index (κ1) is 11.6. The van der Waals surface area contributed by atoms with Gasteiger partial charge in [0.1, 0.15) is 0 Å². The molecule has 1 aromatic heterocycles. The zero-order valence-electron chi connectivity index (χ0n) is 10.1. The Labute approximate surface area is 96.1 Å². The molecule has 0 aliphatic heterocycles. The molecule has 0 unspecified atom stereocenters. The number of aliphatic hydroxyl groups is 1. The Bertz CT molecular complexity index is 341. The number of rotatable bonds is 3. The fourth-order valence-electron chi connectivity index (χ4n) is 2.26. The van der Waals surface area contributed by atoms with E-state index in [0.29, 0.717) is 12.3 Å². The standard InChI is InChI=1S/C12H20N2O2/c1-3-10-13-11(16-14-10)8-12(15)6-4-9(2)5-7-12/h9,15H,3-8H2,1-2H3. The normalized spacial score (nSPS) is 30.6. The molecule has 1 N–H and O–H groups in total. The van der Waals surface area contributed by atoms with Crippen LogP contribution in [0, 0.1) is 5.92 Å². The van der Waals surface area contributed by atoms with Crippen molar-refractivity contribution in [2.24, 2.45) is 5.92 Å². The van der Waals surface area contributed by atoms with Gasteiger partial charge >= 0.3 is 0 Å². The molecule has 1 fully saturated rings. The van der Waals surface area contributed by atoms with Gasteiger partial charge in [-0.15, -0.1) is 0 Å². The van der Waals surface area contributed by atoms with Crippen molar-refractivity contribution in [3.8, 4) is 0 Å². The third kappa shape index (κ3) is 2.61. The van der Waals surface area contributed by atoms with E-state index < -0.39 is 5.60 Å². The van der Waals surface area contributed by atoms with Crippen molar-refractivity contribution in [2.75, 3.05) is 0 Å². The van der Waals surface area contributed by atoms with Gasteiger partial charge in [-0.1, -0.05) is 19.0 Å². The van der Waals surface area contributed by atoms with Crippen LogP contribution in [0.15, 0.2) is 4.52 Å². The van der Waals surface area contributed by atoms with Crippen LogP contribution in [0.1, 0.15) is 51.2 Å². The first-order chi connectivity index (χ1) is 7.61. The predicted octanol–water partition coefficient (Wildman–Crippen LogP) is 2.12. The number of aryl methyl sites for hydroxylation is 1. The molecular formula is C12H20N2O2. The maximum atomic E-state index is 10.4. The van der Waals surface area contributed by atoms with Gasteiger partial charge in [0.05, 0.1) is 12.0 Å². The van der Waals surface area contributed by atoms with Gasteiger partial charge in [-0.05, 0) is 31.6 Å². The van der Waals surface area contributed by atoms with E-state index >= 15 is 0 Å². The molecule has 90 valence electrons. The summed E-state index contributed by atoms with van der Waals surface area (Å²) < 4.78 is 5.13. The summed E-state index contributed by atoms with van der Waals surface area (Å²) in [6.45, 7) is 4.23. The second-order valence-electron chi connectivity index (χ2n) is 5.04. The average molecular weight is 224 g/mol. The van der Waals surface area contributed by atoms with Gasteiger partial charge in [-0.25, -0.2) is 0 Å². The molecule has 2 rings (SSSR count). The Morgan fingerprint density at radius 2 is 2.12 bits per heavy atom. The van der Waals surface area contributed by atoms with Crippen molar-refractivity contribution in [2.45, 2.75) is 58.0 Å². The third-order valence-corrected chi connectivity index (χ3v) is 3.51. The Morgan fingerprint density at radius 1 is 1.44 bits per heavy atom. The SMILES string of the molecule is CCc1noc(CC2(O)CCC(C)CC2)n1. The molecule has 0 aromatic carbocycles. The summed E-state index contributed by atoms with van der Waals surface area (Å²) in [6, 6.07) is 0. The highest BCUT2D eigenvalue weighted by Gasteiger charge is 2.33. The molecule has 0 bridgehead atoms. The summed E-state index contributed by atoms with van der Waals surface area (Å²) in [5.74, 6) is 2.03. The quantitative estimate of drug-likeness (QED) is 0.854. The second kappa shape index (κ2) is 4.53. The highest BCUT2D eigenvalue weighted by Crippen LogP contribution is 2.33. The fourth-order valence-corrected chi connectivity index (χ4v) is 2.26. The van der Waals surface area contributed by atoms with E-state index in [9.17, 15) is 5.11 Å². The summed E-state index contributed by atoms with van der Waals surface area (Å²) in [4.78, 5) is 4.25. The van der Waals surface area contributed by atoms with Crippen LogP contribution in [0.3, 0.4) is 0 Å². The molecule has 1 aliphatic rings. The average Bonchev–Trinajstić information content (AvgIpc) is 2.70. The highest BCUT2D eigenvalue weighted by molar-refractivity contribution is 4.95. The Hall–Kier alpha value is -0.900. The summed E-state index contributed by atoms with van der Waals surface area (Å²) in [5, 5.41) is 14.2. The van der Waals surface area contributed by atoms with E-state index in [4.69, 9.17) is 4.52 Å². The molecule has 1 heterocycles. The van der Waals surface area contributed by atoms with Gasteiger partial charge in [0.15, 0.2) is 5.82 Å². The van der Waals surface area contributed by atoms with E-state index in [1.54, 1.807) is 0 Å². The summed E-state index contributed by atoms with van der Waals surface area (Å²) >= 11 is 0. The van der Waals surface area contributed by atoms with Gasteiger partial charge in [0, 0.05) is 6.42 Å². The molecule has 4 nitrogen and oxygen atoms in total. The largest absolute Gasteiger partial charge is 0.389 e. The molecular weight excluding hydrogens is 204 g/mol. The number of hydrogen-bond acceptors (Lipinski definition) is 4. The van der Waals surface area contributed by atoms with Crippen molar-refractivity contribution in [1.29, 1.82) is 0 Å². The number of nitrogens with zero attached hydrogens (tertiary/aromatic N) is 2. The second-order valence-corrected chi connectivity index (χ2v) is 5.04. The van der Waals surface area contributed by atoms with Gasteiger partial charge < -0.3 is 9.63 Å². The molecule has 0 atom stereocenters. The minimum atomic E-state index is -0.621. The van der Waals surface area contributed by atoms with E-state index in [-0.39, 0.29) is 0 Å². The molecule has 0 saturated heterocycles. The van der Waals surface area contributed by atoms with Crippen molar-refractivity contribution >= 4 is 0 Å². The third-order valence-electron chi connectivity index (χ3n) is 3.51. The van der Waals surface area contributed by atoms with Crippen LogP contribution in [-0.2, 0) is 12.8 Å². The minimum Gasteiger partial charge on any atom is -0.389 e. The van der Waals surface area contributed by atoms with E-state index in [1.807, 2.05) is 6.92 Å². The first-order valence-corrected chi connectivity index (χ1v) is 6.15. The highest BCUT2D eigenvalue weighted by atomic mass is 16.5. The predicted molar refractivity (Wildman–Crippen MR) is 60.0 cm³/mol. The van der Waals surface area contributed by atoms with Crippen LogP contribution in [0.5, 0.6) is 0 Å². The molecule has 0 radical (unpaired) electrons. The van der Waals surface area contributed by atoms with Gasteiger partial charge in [-0.2, -0.15) is 4.98 Å². The monoisotopic (exact) mass is 224 g/mol. The van der Waals surface area contributed by atoms with E-state index in [1.165, 1.54) is 0 Å². The van der Waals surface area contributed by atoms with Crippen LogP contribution in [0.4, 0.5) is 0 Å². The molecule has 1 aromatic rings. The smallest absolute Gasteiger partial charge is 0.229 e. The van der Waals surface area contributed by atoms with Crippen LogP contribution in [-0.4, -0.2) is 20.8 Å². The molecule has 0 spiro atoms. The van der Waals surface area contributed by atoms with Crippen LogP contribution in [0.25, 0.3) is 0 Å². The molecule has 1 saturated carbocycles. The Balaban J connectivity index is 1.97. The molecule has 0 amide bonds. The van der Waals surface area contributed by atoms with E-state index in [0.717, 1.165) is 43.8 Å². The van der Waals surface area contributed by atoms with Crippen molar-refractivity contribution in [1.82, 2.24) is 10.1 Å². The zero-order chi connectivity index (χ0) is 11.6. The zero-order valence-corrected chi connectivity index (χ0v) is 10.1. The molecule has 16 heavy (non-hydrogen) atoms. The van der Waals surface area contributed by atoms with Crippen molar-refractivity contribution in [3.05, 3.63) is 11.7 Å². The van der Waals surface area contributed by atoms with Crippen LogP contribution < -0.4 is 0 Å². The van der Waals surface area contributed by atoms with Crippen LogP contribution >= 0.6 is 0 Å². The minimum absolute atomic E-state index is 0.507. The topological polar surface area (TPSA) is 59.2 Å². The Morgan fingerprint density at radius 3 is 2.69 bits per heavy atom. The fraction of sp³-hybridized carbons (Fsp3) is 0.833. The van der Waals surface area contributed by atoms with Crippen molar-refractivity contribution < 1.29 is 9.63 Å². The maximum absolute atomic E-state index is 10.4. The van der Waals surface area contributed by atoms with Crippen molar-refractivity contribution in [3.63, 3.8) is 0 Å². The summed E-state index contributed by atoms with van der Waals surface area (Å²) in [6.07, 6.45) is 5.15. The number of aromatic nitrogens is 2. The lowest BCUT2D eigenvalue weighted by atomic mass is 9.78. The summed E-state index contributed by atoms with van der Waals surface area (Å²) in [7, 11) is 0. The lowest BCUT2D eigenvalue weighted by Gasteiger charge is -2.33. The Kier molecular flexibility index (Phi) is 3.28. The molecule has 1 aliphatic carbocycles.